The highest BCUT2D eigenvalue weighted by Gasteiger charge is 2.47. The van der Waals surface area contributed by atoms with Crippen LogP contribution in [0.15, 0.2) is 0 Å². The summed E-state index contributed by atoms with van der Waals surface area (Å²) >= 11 is 0. The third kappa shape index (κ3) is 0.937. The van der Waals surface area contributed by atoms with E-state index in [0.29, 0.717) is 0 Å². The number of carbonyl (C=O) groups is 1. The zero-order valence-corrected chi connectivity index (χ0v) is 6.44. The Hall–Kier alpha value is -0.610. The lowest BCUT2D eigenvalue weighted by Gasteiger charge is -2.42. The highest BCUT2D eigenvalue weighted by atomic mass is 16.8. The van der Waals surface area contributed by atoms with E-state index in [1.165, 1.54) is 0 Å². The number of rotatable bonds is 0. The molecule has 4 heteroatoms. The third-order valence-electron chi connectivity index (χ3n) is 1.98. The van der Waals surface area contributed by atoms with Gasteiger partial charge in [-0.1, -0.05) is 0 Å². The molecular formula is C7H10O4. The van der Waals surface area contributed by atoms with E-state index in [1.54, 1.807) is 0 Å². The molecule has 3 heterocycles. The van der Waals surface area contributed by atoms with Crippen molar-refractivity contribution in [3.8, 4) is 0 Å². The van der Waals surface area contributed by atoms with Crippen molar-refractivity contribution in [1.82, 2.24) is 0 Å². The van der Waals surface area contributed by atoms with E-state index >= 15 is 0 Å². The zero-order valence-electron chi connectivity index (χ0n) is 6.44. The maximum atomic E-state index is 11.0. The Morgan fingerprint density at radius 3 is 2.36 bits per heavy atom. The molecule has 4 atom stereocenters. The first-order chi connectivity index (χ1) is 5.18. The fourth-order valence-electron chi connectivity index (χ4n) is 1.35. The topological polar surface area (TPSA) is 44.8 Å². The molecule has 11 heavy (non-hydrogen) atoms. The van der Waals surface area contributed by atoms with E-state index in [1.807, 2.05) is 13.8 Å². The molecule has 3 fully saturated rings. The lowest BCUT2D eigenvalue weighted by Crippen LogP contribution is -2.58. The first-order valence-corrected chi connectivity index (χ1v) is 3.70. The summed E-state index contributed by atoms with van der Waals surface area (Å²) in [6.45, 7) is 3.64. The minimum Gasteiger partial charge on any atom is -0.431 e. The molecule has 0 spiro atoms. The van der Waals surface area contributed by atoms with E-state index in [2.05, 4.69) is 0 Å². The molecule has 3 aliphatic heterocycles. The number of fused-ring (bicyclic) bond motifs is 3. The molecular weight excluding hydrogens is 148 g/mol. The summed E-state index contributed by atoms with van der Waals surface area (Å²) in [6, 6.07) is 0. The van der Waals surface area contributed by atoms with Gasteiger partial charge < -0.3 is 14.2 Å². The summed E-state index contributed by atoms with van der Waals surface area (Å²) in [4.78, 5) is 11.0. The molecule has 0 aliphatic carbocycles. The van der Waals surface area contributed by atoms with Crippen LogP contribution >= 0.6 is 0 Å². The van der Waals surface area contributed by atoms with Crippen molar-refractivity contribution < 1.29 is 19.0 Å². The van der Waals surface area contributed by atoms with Crippen molar-refractivity contribution in [3.05, 3.63) is 0 Å². The summed E-state index contributed by atoms with van der Waals surface area (Å²) in [5.74, 6) is -0.299. The molecule has 0 aromatic heterocycles. The second-order valence-corrected chi connectivity index (χ2v) is 2.91. The van der Waals surface area contributed by atoms with Crippen LogP contribution in [-0.4, -0.2) is 30.6 Å². The quantitative estimate of drug-likeness (QED) is 0.468. The smallest absolute Gasteiger partial charge is 0.340 e. The van der Waals surface area contributed by atoms with Gasteiger partial charge in [0.2, 0.25) is 6.29 Å². The maximum absolute atomic E-state index is 11.0. The Balaban J connectivity index is 2.20. The van der Waals surface area contributed by atoms with Crippen LogP contribution < -0.4 is 0 Å². The van der Waals surface area contributed by atoms with Gasteiger partial charge in [-0.15, -0.1) is 0 Å². The van der Waals surface area contributed by atoms with Gasteiger partial charge in [-0.3, -0.25) is 0 Å². The van der Waals surface area contributed by atoms with Gasteiger partial charge in [0.15, 0.2) is 6.10 Å². The third-order valence-corrected chi connectivity index (χ3v) is 1.98. The number of esters is 1. The van der Waals surface area contributed by atoms with Gasteiger partial charge in [0.05, 0.1) is 6.10 Å². The summed E-state index contributed by atoms with van der Waals surface area (Å²) in [7, 11) is 0. The van der Waals surface area contributed by atoms with Crippen LogP contribution in [0.5, 0.6) is 0 Å². The highest BCUT2D eigenvalue weighted by Crippen LogP contribution is 2.27. The molecule has 62 valence electrons. The van der Waals surface area contributed by atoms with Gasteiger partial charge in [0.25, 0.3) is 0 Å². The van der Waals surface area contributed by atoms with Crippen LogP contribution in [0, 0.1) is 0 Å². The van der Waals surface area contributed by atoms with Crippen molar-refractivity contribution >= 4 is 5.97 Å². The van der Waals surface area contributed by atoms with Crippen LogP contribution in [0.2, 0.25) is 0 Å². The number of carbonyl (C=O) groups excluding carboxylic acids is 1. The summed E-state index contributed by atoms with van der Waals surface area (Å²) in [5.41, 5.74) is 0. The minimum atomic E-state index is -0.519. The Bertz CT molecular complexity index is 191. The van der Waals surface area contributed by atoms with Gasteiger partial charge in [0, 0.05) is 0 Å². The molecule has 3 saturated heterocycles. The first-order valence-electron chi connectivity index (χ1n) is 3.70. The molecule has 3 rings (SSSR count). The average Bonchev–Trinajstić information content (AvgIpc) is 1.93. The van der Waals surface area contributed by atoms with E-state index in [4.69, 9.17) is 14.2 Å². The molecule has 3 aliphatic rings. The fraction of sp³-hybridized carbons (Fsp3) is 0.857. The SMILES string of the molecule is CC1OC2C(=O)OC1OC2C. The van der Waals surface area contributed by atoms with Gasteiger partial charge in [0.1, 0.15) is 6.10 Å². The predicted molar refractivity (Wildman–Crippen MR) is 34.8 cm³/mol. The molecule has 0 amide bonds. The summed E-state index contributed by atoms with van der Waals surface area (Å²) < 4.78 is 15.5. The minimum absolute atomic E-state index is 0.131. The average molecular weight is 158 g/mol. The maximum Gasteiger partial charge on any atom is 0.340 e. The van der Waals surface area contributed by atoms with Crippen LogP contribution in [0.4, 0.5) is 0 Å². The van der Waals surface area contributed by atoms with Crippen LogP contribution in [-0.2, 0) is 19.0 Å². The predicted octanol–water partition coefficient (Wildman–Crippen LogP) is 0.0617. The first kappa shape index (κ1) is 7.06. The molecule has 0 N–H and O–H groups in total. The van der Waals surface area contributed by atoms with Crippen LogP contribution in [0.3, 0.4) is 0 Å². The molecule has 0 aromatic carbocycles. The lowest BCUT2D eigenvalue weighted by atomic mass is 10.1. The summed E-state index contributed by atoms with van der Waals surface area (Å²) in [6.07, 6.45) is -1.32. The monoisotopic (exact) mass is 158 g/mol. The number of hydrogen-bond acceptors (Lipinski definition) is 4. The molecule has 4 nitrogen and oxygen atoms in total. The Kier molecular flexibility index (Phi) is 1.40. The molecule has 0 radical (unpaired) electrons. The Labute approximate surface area is 64.4 Å². The van der Waals surface area contributed by atoms with Crippen molar-refractivity contribution in [2.24, 2.45) is 0 Å². The number of hydrogen-bond donors (Lipinski definition) is 0. The lowest BCUT2D eigenvalue weighted by molar-refractivity contribution is -0.321. The van der Waals surface area contributed by atoms with Crippen LogP contribution in [0.1, 0.15) is 13.8 Å². The van der Waals surface area contributed by atoms with Gasteiger partial charge in [-0.05, 0) is 13.8 Å². The van der Waals surface area contributed by atoms with Gasteiger partial charge >= 0.3 is 5.97 Å². The normalized spacial score (nSPS) is 49.1. The van der Waals surface area contributed by atoms with Gasteiger partial charge in [-0.2, -0.15) is 0 Å². The van der Waals surface area contributed by atoms with Crippen molar-refractivity contribution in [1.29, 1.82) is 0 Å². The molecule has 4 unspecified atom stereocenters. The van der Waals surface area contributed by atoms with E-state index in [-0.39, 0.29) is 18.2 Å². The van der Waals surface area contributed by atoms with Crippen molar-refractivity contribution in [3.63, 3.8) is 0 Å². The van der Waals surface area contributed by atoms with Crippen molar-refractivity contribution in [2.75, 3.05) is 0 Å². The second-order valence-electron chi connectivity index (χ2n) is 2.91. The van der Waals surface area contributed by atoms with Gasteiger partial charge in [-0.25, -0.2) is 4.79 Å². The molecule has 2 bridgehead atoms. The van der Waals surface area contributed by atoms with Crippen molar-refractivity contribution in [2.45, 2.75) is 38.4 Å². The largest absolute Gasteiger partial charge is 0.431 e. The van der Waals surface area contributed by atoms with E-state index in [0.717, 1.165) is 0 Å². The standard InChI is InChI=1S/C7H10O4/c1-3-5-6(8)11-7(10-3)4(2)9-5/h3-5,7H,1-2H3. The zero-order chi connectivity index (χ0) is 8.01. The summed E-state index contributed by atoms with van der Waals surface area (Å²) in [5, 5.41) is 0. The Morgan fingerprint density at radius 2 is 1.91 bits per heavy atom. The number of ether oxygens (including phenoxy) is 3. The highest BCUT2D eigenvalue weighted by molar-refractivity contribution is 5.76. The van der Waals surface area contributed by atoms with Crippen LogP contribution in [0.25, 0.3) is 0 Å². The second kappa shape index (κ2) is 2.19. The Morgan fingerprint density at radius 1 is 1.18 bits per heavy atom. The fourth-order valence-corrected chi connectivity index (χ4v) is 1.35. The van der Waals surface area contributed by atoms with E-state index in [9.17, 15) is 4.79 Å². The van der Waals surface area contributed by atoms with E-state index < -0.39 is 12.4 Å². The molecule has 0 saturated carbocycles. The molecule has 0 aromatic rings.